The zero-order valence-corrected chi connectivity index (χ0v) is 7.49. The molecule has 1 saturated heterocycles. The van der Waals surface area contributed by atoms with Gasteiger partial charge in [-0.15, -0.1) is 0 Å². The average molecular weight is 187 g/mol. The third-order valence-electron chi connectivity index (χ3n) is 2.49. The minimum absolute atomic E-state index is 0.285. The van der Waals surface area contributed by atoms with E-state index in [4.69, 9.17) is 10.2 Å². The number of hydrogen-bond acceptors (Lipinski definition) is 3. The van der Waals surface area contributed by atoms with Crippen molar-refractivity contribution < 1.29 is 19.8 Å². The van der Waals surface area contributed by atoms with E-state index in [-0.39, 0.29) is 6.42 Å². The van der Waals surface area contributed by atoms with Crippen LogP contribution in [0.5, 0.6) is 0 Å². The minimum Gasteiger partial charge on any atom is -0.481 e. The fourth-order valence-corrected chi connectivity index (χ4v) is 1.76. The summed E-state index contributed by atoms with van der Waals surface area (Å²) < 4.78 is 0. The van der Waals surface area contributed by atoms with Crippen LogP contribution in [0.3, 0.4) is 0 Å². The van der Waals surface area contributed by atoms with Gasteiger partial charge in [0.1, 0.15) is 0 Å². The molecule has 0 aromatic carbocycles. The van der Waals surface area contributed by atoms with Crippen LogP contribution < -0.4 is 0 Å². The fourth-order valence-electron chi connectivity index (χ4n) is 1.76. The first-order valence-electron chi connectivity index (χ1n) is 4.10. The van der Waals surface area contributed by atoms with Crippen LogP contribution in [0.2, 0.25) is 0 Å². The molecule has 1 heterocycles. The second-order valence-corrected chi connectivity index (χ2v) is 3.64. The molecular weight excluding hydrogens is 174 g/mol. The van der Waals surface area contributed by atoms with E-state index in [1.54, 1.807) is 7.05 Å². The minimum atomic E-state index is -1.07. The van der Waals surface area contributed by atoms with Gasteiger partial charge in [0.15, 0.2) is 0 Å². The van der Waals surface area contributed by atoms with Gasteiger partial charge in [-0.05, 0) is 20.0 Å². The van der Waals surface area contributed by atoms with E-state index in [9.17, 15) is 9.59 Å². The second kappa shape index (κ2) is 3.33. The van der Waals surface area contributed by atoms with Gasteiger partial charge in [0.2, 0.25) is 0 Å². The normalized spacial score (nSPS) is 29.0. The number of carbonyl (C=O) groups is 2. The Kier molecular flexibility index (Phi) is 2.56. The Morgan fingerprint density at radius 3 is 2.38 bits per heavy atom. The van der Waals surface area contributed by atoms with Crippen LogP contribution >= 0.6 is 0 Å². The predicted molar refractivity (Wildman–Crippen MR) is 44.4 cm³/mol. The van der Waals surface area contributed by atoms with Gasteiger partial charge < -0.3 is 15.1 Å². The first kappa shape index (κ1) is 9.98. The Bertz CT molecular complexity index is 240. The zero-order chi connectivity index (χ0) is 10.1. The molecule has 0 radical (unpaired) electrons. The Hall–Kier alpha value is -1.10. The van der Waals surface area contributed by atoms with Gasteiger partial charge in [-0.25, -0.2) is 0 Å². The number of rotatable bonds is 3. The molecule has 1 rings (SSSR count). The lowest BCUT2D eigenvalue weighted by molar-refractivity contribution is -0.154. The zero-order valence-electron chi connectivity index (χ0n) is 7.49. The number of carboxylic acid groups (broad SMARTS) is 2. The van der Waals surface area contributed by atoms with Crippen LogP contribution in [0.15, 0.2) is 0 Å². The molecule has 74 valence electrons. The molecule has 0 spiro atoms. The molecule has 5 heteroatoms. The van der Waals surface area contributed by atoms with Crippen molar-refractivity contribution in [3.63, 3.8) is 0 Å². The largest absolute Gasteiger partial charge is 0.481 e. The first-order valence-corrected chi connectivity index (χ1v) is 4.10. The van der Waals surface area contributed by atoms with Crippen LogP contribution in [0.4, 0.5) is 0 Å². The summed E-state index contributed by atoms with van der Waals surface area (Å²) in [7, 11) is 1.80. The van der Waals surface area contributed by atoms with E-state index in [2.05, 4.69) is 0 Å². The van der Waals surface area contributed by atoms with Gasteiger partial charge in [0.05, 0.1) is 11.8 Å². The highest BCUT2D eigenvalue weighted by atomic mass is 16.4. The Morgan fingerprint density at radius 2 is 2.08 bits per heavy atom. The molecule has 1 atom stereocenters. The quantitative estimate of drug-likeness (QED) is 0.643. The number of likely N-dealkylation sites (tertiary alicyclic amines) is 1. The van der Waals surface area contributed by atoms with Crippen LogP contribution in [-0.2, 0) is 9.59 Å². The Balaban J connectivity index is 2.77. The molecule has 0 aromatic heterocycles. The van der Waals surface area contributed by atoms with Crippen molar-refractivity contribution in [2.45, 2.75) is 12.8 Å². The molecule has 0 saturated carbocycles. The average Bonchev–Trinajstić information content (AvgIpc) is 2.31. The van der Waals surface area contributed by atoms with Gasteiger partial charge in [0.25, 0.3) is 0 Å². The summed E-state index contributed by atoms with van der Waals surface area (Å²) in [6.45, 7) is 0.980. The molecule has 1 aliphatic heterocycles. The van der Waals surface area contributed by atoms with Gasteiger partial charge in [0, 0.05) is 6.54 Å². The van der Waals surface area contributed by atoms with E-state index in [0.29, 0.717) is 19.5 Å². The van der Waals surface area contributed by atoms with E-state index < -0.39 is 17.4 Å². The highest BCUT2D eigenvalue weighted by molar-refractivity contribution is 5.82. The topological polar surface area (TPSA) is 77.8 Å². The summed E-state index contributed by atoms with van der Waals surface area (Å²) in [5.41, 5.74) is -1.07. The second-order valence-electron chi connectivity index (χ2n) is 3.64. The standard InChI is InChI=1S/C8H13NO4/c1-9-3-2-8(5-9,7(12)13)4-6(10)11/h2-5H2,1H3,(H,10,11)(H,12,13)/t8-/m1/s1. The van der Waals surface area contributed by atoms with E-state index in [1.807, 2.05) is 4.90 Å². The van der Waals surface area contributed by atoms with Crippen LogP contribution in [0.1, 0.15) is 12.8 Å². The smallest absolute Gasteiger partial charge is 0.311 e. The van der Waals surface area contributed by atoms with Gasteiger partial charge in [-0.3, -0.25) is 9.59 Å². The van der Waals surface area contributed by atoms with E-state index in [1.165, 1.54) is 0 Å². The maximum absolute atomic E-state index is 10.9. The molecule has 0 aliphatic carbocycles. The maximum atomic E-state index is 10.9. The lowest BCUT2D eigenvalue weighted by atomic mass is 9.84. The molecule has 13 heavy (non-hydrogen) atoms. The van der Waals surface area contributed by atoms with Crippen molar-refractivity contribution in [3.8, 4) is 0 Å². The van der Waals surface area contributed by atoms with Crippen molar-refractivity contribution in [3.05, 3.63) is 0 Å². The summed E-state index contributed by atoms with van der Waals surface area (Å²) in [5.74, 6) is -2.04. The molecule has 1 aliphatic rings. The summed E-state index contributed by atoms with van der Waals surface area (Å²) in [4.78, 5) is 23.2. The van der Waals surface area contributed by atoms with Crippen molar-refractivity contribution in [1.29, 1.82) is 0 Å². The summed E-state index contributed by atoms with van der Waals surface area (Å²) >= 11 is 0. The summed E-state index contributed by atoms with van der Waals surface area (Å²) in [5, 5.41) is 17.5. The number of aliphatic carboxylic acids is 2. The van der Waals surface area contributed by atoms with Crippen molar-refractivity contribution in [2.75, 3.05) is 20.1 Å². The van der Waals surface area contributed by atoms with Crippen molar-refractivity contribution in [2.24, 2.45) is 5.41 Å². The maximum Gasteiger partial charge on any atom is 0.311 e. The molecule has 1 fully saturated rings. The molecule has 2 N–H and O–H groups in total. The van der Waals surface area contributed by atoms with Crippen LogP contribution in [-0.4, -0.2) is 47.2 Å². The van der Waals surface area contributed by atoms with Gasteiger partial charge in [-0.2, -0.15) is 0 Å². The number of hydrogen-bond donors (Lipinski definition) is 2. The Morgan fingerprint density at radius 1 is 1.46 bits per heavy atom. The van der Waals surface area contributed by atoms with Crippen molar-refractivity contribution in [1.82, 2.24) is 4.90 Å². The molecule has 0 aromatic rings. The predicted octanol–water partition coefficient (Wildman–Crippen LogP) is -0.132. The third kappa shape index (κ3) is 1.98. The molecular formula is C8H13NO4. The third-order valence-corrected chi connectivity index (χ3v) is 2.49. The van der Waals surface area contributed by atoms with Gasteiger partial charge in [-0.1, -0.05) is 0 Å². The first-order chi connectivity index (χ1) is 5.96. The summed E-state index contributed by atoms with van der Waals surface area (Å²) in [6, 6.07) is 0. The highest BCUT2D eigenvalue weighted by Gasteiger charge is 2.45. The monoisotopic (exact) mass is 187 g/mol. The molecule has 0 bridgehead atoms. The fraction of sp³-hybridized carbons (Fsp3) is 0.750. The van der Waals surface area contributed by atoms with Crippen LogP contribution in [0, 0.1) is 5.41 Å². The van der Waals surface area contributed by atoms with E-state index >= 15 is 0 Å². The lowest BCUT2D eigenvalue weighted by Crippen LogP contribution is -2.35. The van der Waals surface area contributed by atoms with Crippen molar-refractivity contribution >= 4 is 11.9 Å². The molecule has 0 amide bonds. The Labute approximate surface area is 76.0 Å². The van der Waals surface area contributed by atoms with E-state index in [0.717, 1.165) is 0 Å². The molecule has 0 unspecified atom stereocenters. The summed E-state index contributed by atoms with van der Waals surface area (Å²) in [6.07, 6.45) is 0.137. The SMILES string of the molecule is CN1CC[C@](CC(=O)O)(C(=O)O)C1. The number of carboxylic acids is 2. The number of nitrogens with zero attached hydrogens (tertiary/aromatic N) is 1. The highest BCUT2D eigenvalue weighted by Crippen LogP contribution is 2.33. The van der Waals surface area contributed by atoms with Crippen LogP contribution in [0.25, 0.3) is 0 Å². The lowest BCUT2D eigenvalue weighted by Gasteiger charge is -2.21. The van der Waals surface area contributed by atoms with Gasteiger partial charge >= 0.3 is 11.9 Å². The molecule has 5 nitrogen and oxygen atoms in total.